The van der Waals surface area contributed by atoms with Gasteiger partial charge < -0.3 is 10.5 Å². The van der Waals surface area contributed by atoms with Crippen LogP contribution >= 0.6 is 27.7 Å². The first-order valence-electron chi connectivity index (χ1n) is 5.61. The van der Waals surface area contributed by atoms with E-state index in [1.165, 1.54) is 0 Å². The number of hydrogen-bond acceptors (Lipinski definition) is 3. The number of para-hydroxylation sites is 1. The minimum atomic E-state index is 0.667. The number of hydrogen-bond donors (Lipinski definition) is 1. The predicted molar refractivity (Wildman–Crippen MR) is 81.2 cm³/mol. The highest BCUT2D eigenvalue weighted by molar-refractivity contribution is 9.10. The van der Waals surface area contributed by atoms with E-state index in [4.69, 9.17) is 10.5 Å². The molecule has 0 spiro atoms. The van der Waals surface area contributed by atoms with Crippen LogP contribution in [0, 0.1) is 0 Å². The Morgan fingerprint density at radius 3 is 2.67 bits per heavy atom. The molecular formula is C14H14BrNOS. The first-order chi connectivity index (χ1) is 8.75. The van der Waals surface area contributed by atoms with Crippen LogP contribution in [0.1, 0.15) is 0 Å². The van der Waals surface area contributed by atoms with Crippen molar-refractivity contribution in [1.29, 1.82) is 0 Å². The van der Waals surface area contributed by atoms with E-state index in [9.17, 15) is 0 Å². The molecule has 0 aromatic heterocycles. The Hall–Kier alpha value is -1.13. The lowest BCUT2D eigenvalue weighted by atomic mass is 10.3. The maximum atomic E-state index is 5.90. The SMILES string of the molecule is Nc1ccc(Br)cc1SCCOc1ccccc1. The minimum absolute atomic E-state index is 0.667. The highest BCUT2D eigenvalue weighted by Gasteiger charge is 2.01. The molecule has 0 heterocycles. The lowest BCUT2D eigenvalue weighted by Crippen LogP contribution is -2.00. The molecule has 0 aliphatic carbocycles. The Morgan fingerprint density at radius 1 is 1.11 bits per heavy atom. The molecule has 0 saturated carbocycles. The summed E-state index contributed by atoms with van der Waals surface area (Å²) in [6, 6.07) is 15.7. The standard InChI is InChI=1S/C14H14BrNOS/c15-11-6-7-13(16)14(10-11)18-9-8-17-12-4-2-1-3-5-12/h1-7,10H,8-9,16H2. The zero-order valence-electron chi connectivity index (χ0n) is 9.80. The maximum Gasteiger partial charge on any atom is 0.119 e. The van der Waals surface area contributed by atoms with E-state index < -0.39 is 0 Å². The molecule has 0 fully saturated rings. The van der Waals surface area contributed by atoms with Gasteiger partial charge in [0.15, 0.2) is 0 Å². The first kappa shape index (κ1) is 13.3. The summed E-state index contributed by atoms with van der Waals surface area (Å²) in [5, 5.41) is 0. The van der Waals surface area contributed by atoms with E-state index in [1.54, 1.807) is 11.8 Å². The molecule has 0 amide bonds. The van der Waals surface area contributed by atoms with Crippen molar-refractivity contribution in [3.8, 4) is 5.75 Å². The van der Waals surface area contributed by atoms with Gasteiger partial charge in [-0.3, -0.25) is 0 Å². The molecule has 2 N–H and O–H groups in total. The Morgan fingerprint density at radius 2 is 1.89 bits per heavy atom. The fourth-order valence-corrected chi connectivity index (χ4v) is 2.81. The number of halogens is 1. The van der Waals surface area contributed by atoms with Crippen molar-refractivity contribution >= 4 is 33.4 Å². The van der Waals surface area contributed by atoms with E-state index in [0.29, 0.717) is 6.61 Å². The molecule has 4 heteroatoms. The summed E-state index contributed by atoms with van der Waals surface area (Å²) in [6.45, 7) is 0.667. The van der Waals surface area contributed by atoms with Gasteiger partial charge in [0.25, 0.3) is 0 Å². The summed E-state index contributed by atoms with van der Waals surface area (Å²) in [4.78, 5) is 1.08. The zero-order valence-corrected chi connectivity index (χ0v) is 12.2. The van der Waals surface area contributed by atoms with Crippen molar-refractivity contribution in [3.63, 3.8) is 0 Å². The second kappa shape index (κ2) is 6.71. The zero-order chi connectivity index (χ0) is 12.8. The maximum absolute atomic E-state index is 5.90. The quantitative estimate of drug-likeness (QED) is 0.508. The molecule has 0 aliphatic rings. The van der Waals surface area contributed by atoms with Crippen LogP contribution in [-0.4, -0.2) is 12.4 Å². The van der Waals surface area contributed by atoms with E-state index in [1.807, 2.05) is 48.5 Å². The van der Waals surface area contributed by atoms with E-state index in [2.05, 4.69) is 15.9 Å². The normalized spacial score (nSPS) is 10.3. The van der Waals surface area contributed by atoms with Crippen LogP contribution in [0.5, 0.6) is 5.75 Å². The van der Waals surface area contributed by atoms with Crippen molar-refractivity contribution in [2.75, 3.05) is 18.1 Å². The molecule has 18 heavy (non-hydrogen) atoms. The fourth-order valence-electron chi connectivity index (χ4n) is 1.46. The van der Waals surface area contributed by atoms with Gasteiger partial charge in [0.2, 0.25) is 0 Å². The lowest BCUT2D eigenvalue weighted by molar-refractivity contribution is 0.344. The Kier molecular flexibility index (Phi) is 4.96. The summed E-state index contributed by atoms with van der Waals surface area (Å²) in [6.07, 6.45) is 0. The third-order valence-corrected chi connectivity index (χ3v) is 3.86. The third-order valence-electron chi connectivity index (χ3n) is 2.33. The number of thioether (sulfide) groups is 1. The number of anilines is 1. The van der Waals surface area contributed by atoms with Gasteiger partial charge in [0.05, 0.1) is 6.61 Å². The van der Waals surface area contributed by atoms with Crippen LogP contribution < -0.4 is 10.5 Å². The highest BCUT2D eigenvalue weighted by atomic mass is 79.9. The second-order valence-corrected chi connectivity index (χ2v) is 5.74. The summed E-state index contributed by atoms with van der Waals surface area (Å²) >= 11 is 5.14. The van der Waals surface area contributed by atoms with Crippen LogP contribution in [0.15, 0.2) is 57.9 Å². The van der Waals surface area contributed by atoms with Crippen LogP contribution in [0.25, 0.3) is 0 Å². The Bertz CT molecular complexity index is 504. The molecule has 0 bridgehead atoms. The summed E-state index contributed by atoms with van der Waals surface area (Å²) in [5.41, 5.74) is 6.71. The first-order valence-corrected chi connectivity index (χ1v) is 7.39. The average Bonchev–Trinajstić information content (AvgIpc) is 2.40. The van der Waals surface area contributed by atoms with Gasteiger partial charge in [0.1, 0.15) is 5.75 Å². The Balaban J connectivity index is 1.80. The van der Waals surface area contributed by atoms with E-state index in [-0.39, 0.29) is 0 Å². The number of nitrogen functional groups attached to an aromatic ring is 1. The topological polar surface area (TPSA) is 35.2 Å². The highest BCUT2D eigenvalue weighted by Crippen LogP contribution is 2.28. The van der Waals surface area contributed by atoms with E-state index >= 15 is 0 Å². The molecule has 0 saturated heterocycles. The molecule has 2 nitrogen and oxygen atoms in total. The second-order valence-electron chi connectivity index (χ2n) is 3.69. The van der Waals surface area contributed by atoms with Gasteiger partial charge in [-0.2, -0.15) is 0 Å². The molecule has 2 aromatic carbocycles. The number of ether oxygens (including phenoxy) is 1. The average molecular weight is 324 g/mol. The van der Waals surface area contributed by atoms with Crippen molar-refractivity contribution in [2.45, 2.75) is 4.90 Å². The largest absolute Gasteiger partial charge is 0.493 e. The fraction of sp³-hybridized carbons (Fsp3) is 0.143. The van der Waals surface area contributed by atoms with Gasteiger partial charge in [-0.25, -0.2) is 0 Å². The molecule has 0 radical (unpaired) electrons. The molecule has 0 atom stereocenters. The van der Waals surface area contributed by atoms with Crippen LogP contribution in [0.3, 0.4) is 0 Å². The van der Waals surface area contributed by atoms with Crippen molar-refractivity contribution in [3.05, 3.63) is 53.0 Å². The van der Waals surface area contributed by atoms with E-state index in [0.717, 1.165) is 26.6 Å². The third kappa shape index (κ3) is 3.96. The molecule has 2 rings (SSSR count). The molecule has 2 aromatic rings. The summed E-state index contributed by atoms with van der Waals surface area (Å²) < 4.78 is 6.67. The lowest BCUT2D eigenvalue weighted by Gasteiger charge is -2.07. The number of nitrogens with two attached hydrogens (primary N) is 1. The van der Waals surface area contributed by atoms with Gasteiger partial charge in [0, 0.05) is 20.8 Å². The Labute approximate surface area is 120 Å². The van der Waals surface area contributed by atoms with Crippen LogP contribution in [0.2, 0.25) is 0 Å². The van der Waals surface area contributed by atoms with Crippen molar-refractivity contribution < 1.29 is 4.74 Å². The molecule has 0 unspecified atom stereocenters. The summed E-state index contributed by atoms with van der Waals surface area (Å²) in [5.74, 6) is 1.77. The van der Waals surface area contributed by atoms with Crippen molar-refractivity contribution in [1.82, 2.24) is 0 Å². The molecular weight excluding hydrogens is 310 g/mol. The molecule has 94 valence electrons. The van der Waals surface area contributed by atoms with Gasteiger partial charge >= 0.3 is 0 Å². The predicted octanol–water partition coefficient (Wildman–Crippen LogP) is 4.20. The van der Waals surface area contributed by atoms with Gasteiger partial charge in [-0.15, -0.1) is 11.8 Å². The summed E-state index contributed by atoms with van der Waals surface area (Å²) in [7, 11) is 0. The molecule has 0 aliphatic heterocycles. The minimum Gasteiger partial charge on any atom is -0.493 e. The van der Waals surface area contributed by atoms with Crippen molar-refractivity contribution in [2.24, 2.45) is 0 Å². The monoisotopic (exact) mass is 323 g/mol. The van der Waals surface area contributed by atoms with Gasteiger partial charge in [-0.05, 0) is 30.3 Å². The number of benzene rings is 2. The smallest absolute Gasteiger partial charge is 0.119 e. The van der Waals surface area contributed by atoms with Crippen LogP contribution in [0.4, 0.5) is 5.69 Å². The van der Waals surface area contributed by atoms with Gasteiger partial charge in [-0.1, -0.05) is 34.1 Å². The number of rotatable bonds is 5. The van der Waals surface area contributed by atoms with Crippen LogP contribution in [-0.2, 0) is 0 Å².